The van der Waals surface area contributed by atoms with E-state index in [1.165, 1.54) is 12.8 Å². The molecule has 1 atom stereocenters. The molecular formula is C14H22BrN3O. The number of anilines is 1. The van der Waals surface area contributed by atoms with E-state index < -0.39 is 0 Å². The van der Waals surface area contributed by atoms with Crippen LogP contribution >= 0.6 is 15.9 Å². The summed E-state index contributed by atoms with van der Waals surface area (Å²) >= 11 is 3.69. The molecule has 1 aliphatic rings. The second kappa shape index (κ2) is 7.08. The maximum Gasteiger partial charge on any atom is 0.234 e. The fourth-order valence-electron chi connectivity index (χ4n) is 2.35. The van der Waals surface area contributed by atoms with Gasteiger partial charge in [-0.2, -0.15) is 4.98 Å². The molecule has 1 aliphatic heterocycles. The van der Waals surface area contributed by atoms with Gasteiger partial charge in [0, 0.05) is 17.9 Å². The summed E-state index contributed by atoms with van der Waals surface area (Å²) in [5.74, 6) is 2.34. The summed E-state index contributed by atoms with van der Waals surface area (Å²) in [4.78, 5) is 11.7. The lowest BCUT2D eigenvalue weighted by Crippen LogP contribution is -2.36. The lowest BCUT2D eigenvalue weighted by molar-refractivity contribution is 0.303. The minimum absolute atomic E-state index is 0.597. The van der Waals surface area contributed by atoms with Crippen molar-refractivity contribution in [2.75, 3.05) is 24.6 Å². The predicted molar refractivity (Wildman–Crippen MR) is 81.1 cm³/mol. The number of ether oxygens (including phenoxy) is 1. The third-order valence-electron chi connectivity index (χ3n) is 3.57. The second-order valence-electron chi connectivity index (χ2n) is 5.07. The van der Waals surface area contributed by atoms with E-state index in [9.17, 15) is 0 Å². The molecule has 0 aliphatic carbocycles. The van der Waals surface area contributed by atoms with E-state index in [2.05, 4.69) is 44.6 Å². The molecule has 1 aromatic heterocycles. The number of aromatic nitrogens is 2. The van der Waals surface area contributed by atoms with Gasteiger partial charge in [-0.05, 0) is 25.2 Å². The van der Waals surface area contributed by atoms with E-state index in [1.54, 1.807) is 6.20 Å². The highest BCUT2D eigenvalue weighted by Gasteiger charge is 2.23. The van der Waals surface area contributed by atoms with Crippen LogP contribution in [0.1, 0.15) is 33.1 Å². The van der Waals surface area contributed by atoms with Gasteiger partial charge in [-0.1, -0.05) is 29.8 Å². The normalized spacial score (nSPS) is 18.4. The Morgan fingerprint density at radius 2 is 2.16 bits per heavy atom. The summed E-state index contributed by atoms with van der Waals surface area (Å²) in [6.45, 7) is 7.11. The Morgan fingerprint density at radius 1 is 1.42 bits per heavy atom. The van der Waals surface area contributed by atoms with Crippen LogP contribution < -0.4 is 9.64 Å². The number of piperidine rings is 1. The van der Waals surface area contributed by atoms with Crippen LogP contribution in [-0.4, -0.2) is 34.5 Å². The molecule has 2 rings (SSSR count). The molecule has 1 saturated heterocycles. The van der Waals surface area contributed by atoms with Crippen LogP contribution in [0, 0.1) is 5.92 Å². The van der Waals surface area contributed by atoms with Gasteiger partial charge < -0.3 is 9.64 Å². The van der Waals surface area contributed by atoms with E-state index in [-0.39, 0.29) is 0 Å². The molecule has 1 fully saturated rings. The molecule has 0 saturated carbocycles. The van der Waals surface area contributed by atoms with Gasteiger partial charge in [-0.25, -0.2) is 0 Å². The van der Waals surface area contributed by atoms with Crippen LogP contribution in [0.25, 0.3) is 0 Å². The monoisotopic (exact) mass is 327 g/mol. The molecule has 5 heteroatoms. The minimum atomic E-state index is 0.597. The van der Waals surface area contributed by atoms with Gasteiger partial charge >= 0.3 is 0 Å². The molecule has 0 aromatic carbocycles. The number of nitrogens with zero attached hydrogens (tertiary/aromatic N) is 3. The summed E-state index contributed by atoms with van der Waals surface area (Å²) in [6, 6.07) is 0. The highest BCUT2D eigenvalue weighted by Crippen LogP contribution is 2.27. The van der Waals surface area contributed by atoms with E-state index in [0.717, 1.165) is 31.2 Å². The maximum absolute atomic E-state index is 5.54. The van der Waals surface area contributed by atoms with Crippen molar-refractivity contribution in [1.82, 2.24) is 9.97 Å². The molecule has 0 bridgehead atoms. The van der Waals surface area contributed by atoms with Gasteiger partial charge in [0.15, 0.2) is 5.82 Å². The molecule has 0 radical (unpaired) electrons. The largest absolute Gasteiger partial charge is 0.477 e. The van der Waals surface area contributed by atoms with Gasteiger partial charge in [0.05, 0.1) is 19.0 Å². The smallest absolute Gasteiger partial charge is 0.234 e. The first-order valence-electron chi connectivity index (χ1n) is 7.04. The third-order valence-corrected chi connectivity index (χ3v) is 4.31. The number of alkyl halides is 1. The summed E-state index contributed by atoms with van der Waals surface area (Å²) in [5, 5.41) is 0. The summed E-state index contributed by atoms with van der Waals surface area (Å²) in [6.07, 6.45) is 6.91. The second-order valence-corrected chi connectivity index (χ2v) is 6.51. The van der Waals surface area contributed by atoms with Crippen LogP contribution in [0.2, 0.25) is 0 Å². The Hall–Kier alpha value is -0.840. The number of hydrogen-bond donors (Lipinski definition) is 0. The van der Waals surface area contributed by atoms with Crippen molar-refractivity contribution in [3.05, 3.63) is 12.4 Å². The van der Waals surface area contributed by atoms with Crippen LogP contribution in [-0.2, 0) is 0 Å². The van der Waals surface area contributed by atoms with Crippen LogP contribution in [0.4, 0.5) is 5.82 Å². The number of hydrogen-bond acceptors (Lipinski definition) is 4. The molecule has 1 aromatic rings. The van der Waals surface area contributed by atoms with Crippen molar-refractivity contribution in [3.8, 4) is 5.88 Å². The van der Waals surface area contributed by atoms with E-state index in [4.69, 9.17) is 4.74 Å². The summed E-state index contributed by atoms with van der Waals surface area (Å²) in [7, 11) is 0. The fourth-order valence-corrected chi connectivity index (χ4v) is 2.88. The topological polar surface area (TPSA) is 38.2 Å². The summed E-state index contributed by atoms with van der Waals surface area (Å²) < 4.78 is 5.54. The Bertz CT molecular complexity index is 392. The Morgan fingerprint density at radius 3 is 2.79 bits per heavy atom. The summed E-state index contributed by atoms with van der Waals surface area (Å²) in [5.41, 5.74) is 0. The zero-order valence-corrected chi connectivity index (χ0v) is 13.3. The Labute approximate surface area is 123 Å². The molecule has 4 nitrogen and oxygen atoms in total. The minimum Gasteiger partial charge on any atom is -0.477 e. The molecule has 0 amide bonds. The first kappa shape index (κ1) is 14.6. The first-order valence-corrected chi connectivity index (χ1v) is 7.96. The standard InChI is InChI=1S/C14H22BrN3O/c1-3-8-19-14-10-16-9-13(17-14)18-6-4-12(5-7-18)11(2)15/h9-12H,3-8H2,1-2H3. The van der Waals surface area contributed by atoms with Crippen molar-refractivity contribution in [2.45, 2.75) is 37.9 Å². The zero-order chi connectivity index (χ0) is 13.7. The van der Waals surface area contributed by atoms with Gasteiger partial charge in [-0.15, -0.1) is 0 Å². The van der Waals surface area contributed by atoms with E-state index in [1.807, 2.05) is 6.20 Å². The quantitative estimate of drug-likeness (QED) is 0.778. The van der Waals surface area contributed by atoms with Gasteiger partial charge in [0.25, 0.3) is 0 Å². The third kappa shape index (κ3) is 4.06. The van der Waals surface area contributed by atoms with Gasteiger partial charge in [0.1, 0.15) is 0 Å². The van der Waals surface area contributed by atoms with Crippen molar-refractivity contribution < 1.29 is 4.74 Å². The Balaban J connectivity index is 1.95. The molecule has 106 valence electrons. The maximum atomic E-state index is 5.54. The highest BCUT2D eigenvalue weighted by molar-refractivity contribution is 9.09. The molecular weight excluding hydrogens is 306 g/mol. The van der Waals surface area contributed by atoms with Crippen molar-refractivity contribution >= 4 is 21.7 Å². The average Bonchev–Trinajstić information content (AvgIpc) is 2.45. The molecule has 2 heterocycles. The van der Waals surface area contributed by atoms with Crippen LogP contribution in [0.5, 0.6) is 5.88 Å². The fraction of sp³-hybridized carbons (Fsp3) is 0.714. The SMILES string of the molecule is CCCOc1cncc(N2CCC(C(C)Br)CC2)n1. The van der Waals surface area contributed by atoms with Crippen LogP contribution in [0.3, 0.4) is 0 Å². The van der Waals surface area contributed by atoms with Crippen LogP contribution in [0.15, 0.2) is 12.4 Å². The predicted octanol–water partition coefficient (Wildman–Crippen LogP) is 3.27. The molecule has 0 N–H and O–H groups in total. The van der Waals surface area contributed by atoms with Crippen molar-refractivity contribution in [3.63, 3.8) is 0 Å². The van der Waals surface area contributed by atoms with Gasteiger partial charge in [0.2, 0.25) is 5.88 Å². The lowest BCUT2D eigenvalue weighted by Gasteiger charge is -2.33. The molecule has 0 spiro atoms. The Kier molecular flexibility index (Phi) is 5.43. The van der Waals surface area contributed by atoms with Gasteiger partial charge in [-0.3, -0.25) is 4.98 Å². The van der Waals surface area contributed by atoms with E-state index in [0.29, 0.717) is 17.3 Å². The highest BCUT2D eigenvalue weighted by atomic mass is 79.9. The number of rotatable bonds is 5. The molecule has 1 unspecified atom stereocenters. The average molecular weight is 328 g/mol. The van der Waals surface area contributed by atoms with Crippen molar-refractivity contribution in [1.29, 1.82) is 0 Å². The first-order chi connectivity index (χ1) is 9.20. The van der Waals surface area contributed by atoms with Crippen molar-refractivity contribution in [2.24, 2.45) is 5.92 Å². The lowest BCUT2D eigenvalue weighted by atomic mass is 9.94. The number of halogens is 1. The molecule has 19 heavy (non-hydrogen) atoms. The zero-order valence-electron chi connectivity index (χ0n) is 11.7. The van der Waals surface area contributed by atoms with E-state index >= 15 is 0 Å².